The molecule has 0 atom stereocenters. The van der Waals surface area contributed by atoms with Gasteiger partial charge >= 0.3 is 6.03 Å². The van der Waals surface area contributed by atoms with Gasteiger partial charge in [0.15, 0.2) is 0 Å². The summed E-state index contributed by atoms with van der Waals surface area (Å²) in [6, 6.07) is 23.7. The van der Waals surface area contributed by atoms with Gasteiger partial charge in [0.25, 0.3) is 0 Å². The van der Waals surface area contributed by atoms with Gasteiger partial charge < -0.3 is 64.9 Å². The van der Waals surface area contributed by atoms with Gasteiger partial charge in [0.05, 0.1) is 0 Å². The normalized spacial score (nSPS) is 16.8. The summed E-state index contributed by atoms with van der Waals surface area (Å²) in [5, 5.41) is 7.65. The lowest BCUT2D eigenvalue weighted by molar-refractivity contribution is -0.135. The molecule has 0 unspecified atom stereocenters. The van der Waals surface area contributed by atoms with Crippen LogP contribution < -0.4 is 25.3 Å². The fourth-order valence-electron chi connectivity index (χ4n) is 11.4. The van der Waals surface area contributed by atoms with E-state index in [9.17, 15) is 19.2 Å². The van der Waals surface area contributed by atoms with Crippen LogP contribution in [-0.4, -0.2) is 168 Å². The van der Waals surface area contributed by atoms with Crippen LogP contribution in [0.1, 0.15) is 40.0 Å². The van der Waals surface area contributed by atoms with E-state index in [0.29, 0.717) is 36.4 Å². The van der Waals surface area contributed by atoms with E-state index in [0.717, 1.165) is 170 Å². The molecule has 13 rings (SSSR count). The molecule has 4 aromatic carbocycles. The number of halogens is 4. The number of hydrogen-bond acceptors (Lipinski definition) is 8. The van der Waals surface area contributed by atoms with Crippen LogP contribution in [0.25, 0.3) is 43.6 Å². The molecule has 4 aromatic heterocycles. The molecular weight excluding hydrogens is 1110 g/mol. The van der Waals surface area contributed by atoms with Gasteiger partial charge in [-0.1, -0.05) is 67.2 Å². The van der Waals surface area contributed by atoms with Gasteiger partial charge in [-0.3, -0.25) is 14.4 Å². The minimum absolute atomic E-state index is 0.0686. The van der Waals surface area contributed by atoms with Crippen LogP contribution in [0, 0.1) is 11.8 Å². The Bertz CT molecular complexity index is 3390. The van der Waals surface area contributed by atoms with Crippen LogP contribution in [0.3, 0.4) is 0 Å². The van der Waals surface area contributed by atoms with Gasteiger partial charge in [0.1, 0.15) is 0 Å². The molecule has 5 amide bonds. The lowest BCUT2D eigenvalue weighted by Crippen LogP contribution is -2.50. The van der Waals surface area contributed by atoms with E-state index in [1.165, 1.54) is 16.2 Å². The average Bonchev–Trinajstić information content (AvgIpc) is 3.97. The monoisotopic (exact) mass is 1180 g/mol. The molecule has 428 valence electrons. The van der Waals surface area contributed by atoms with E-state index in [2.05, 4.69) is 57.7 Å². The number of H-pyrrole nitrogens is 4. The number of hydrogen-bond donors (Lipinski definition) is 5. The number of rotatable bonds is 7. The number of anilines is 4. The van der Waals surface area contributed by atoms with E-state index in [4.69, 9.17) is 52.1 Å². The Labute approximate surface area is 492 Å². The molecule has 81 heavy (non-hydrogen) atoms. The Balaban J connectivity index is 0.000000121. The first-order valence-electron chi connectivity index (χ1n) is 28.1. The van der Waals surface area contributed by atoms with Gasteiger partial charge in [-0.2, -0.15) is 0 Å². The summed E-state index contributed by atoms with van der Waals surface area (Å²) < 4.78 is 0. The quantitative estimate of drug-likeness (QED) is 0.104. The van der Waals surface area contributed by atoms with Gasteiger partial charge in [0.2, 0.25) is 17.7 Å². The second kappa shape index (κ2) is 25.5. The third-order valence-electron chi connectivity index (χ3n) is 15.9. The highest BCUT2D eigenvalue weighted by Crippen LogP contribution is 2.36. The summed E-state index contributed by atoms with van der Waals surface area (Å²) in [7, 11) is 0. The van der Waals surface area contributed by atoms with Crippen molar-refractivity contribution in [2.24, 2.45) is 17.6 Å². The highest BCUT2D eigenvalue weighted by atomic mass is 35.5. The summed E-state index contributed by atoms with van der Waals surface area (Å²) in [5.41, 5.74) is 14.1. The molecule has 4 saturated heterocycles. The molecule has 8 aromatic rings. The molecule has 0 bridgehead atoms. The summed E-state index contributed by atoms with van der Waals surface area (Å²) >= 11 is 24.8. The zero-order valence-electron chi connectivity index (χ0n) is 46.1. The van der Waals surface area contributed by atoms with Crippen molar-refractivity contribution < 1.29 is 19.2 Å². The van der Waals surface area contributed by atoms with Gasteiger partial charge in [-0.05, 0) is 85.6 Å². The fraction of sp³-hybridized carbons (Fsp3) is 0.400. The predicted molar refractivity (Wildman–Crippen MR) is 331 cm³/mol. The lowest BCUT2D eigenvalue weighted by atomic mass is 10.1. The van der Waals surface area contributed by atoms with Crippen molar-refractivity contribution in [3.63, 3.8) is 0 Å². The summed E-state index contributed by atoms with van der Waals surface area (Å²) in [6.07, 6.45) is 10.5. The second-order valence-corrected chi connectivity index (χ2v) is 23.3. The first kappa shape index (κ1) is 57.3. The number of carbonyl (C=O) groups excluding carboxylic acids is 4. The number of nitrogens with one attached hydrogen (secondary N) is 4. The van der Waals surface area contributed by atoms with E-state index in [-0.39, 0.29) is 23.8 Å². The lowest BCUT2D eigenvalue weighted by Gasteiger charge is -2.37. The molecule has 1 saturated carbocycles. The Kier molecular flexibility index (Phi) is 18.0. The Hall–Kier alpha value is -6.92. The molecule has 0 radical (unpaired) electrons. The van der Waals surface area contributed by atoms with Crippen molar-refractivity contribution >= 4 is 137 Å². The average molecular weight is 1180 g/mol. The first-order valence-corrected chi connectivity index (χ1v) is 29.6. The Morgan fingerprint density at radius 2 is 0.753 bits per heavy atom. The van der Waals surface area contributed by atoms with Gasteiger partial charge in [-0.25, -0.2) is 4.79 Å². The number of urea groups is 1. The number of piperazine rings is 4. The number of carbonyl (C=O) groups is 4. The predicted octanol–water partition coefficient (Wildman–Crippen LogP) is 10.9. The number of amides is 5. The molecule has 17 nitrogen and oxygen atoms in total. The molecule has 5 aliphatic rings. The topological polar surface area (TPSA) is 183 Å². The number of aromatic nitrogens is 4. The summed E-state index contributed by atoms with van der Waals surface area (Å²) in [5.74, 6) is 1.22. The fourth-order valence-corrected chi connectivity index (χ4v) is 12.2. The maximum Gasteiger partial charge on any atom is 0.314 e. The number of benzene rings is 4. The van der Waals surface area contributed by atoms with Crippen molar-refractivity contribution in [3.8, 4) is 0 Å². The van der Waals surface area contributed by atoms with E-state index in [1.54, 1.807) is 4.90 Å². The van der Waals surface area contributed by atoms with Crippen molar-refractivity contribution in [1.29, 1.82) is 0 Å². The van der Waals surface area contributed by atoms with Gasteiger partial charge in [-0.15, -0.1) is 0 Å². The molecule has 6 N–H and O–H groups in total. The number of nitrogens with two attached hydrogens (primary N) is 1. The highest BCUT2D eigenvalue weighted by Gasteiger charge is 2.35. The van der Waals surface area contributed by atoms with Gasteiger partial charge in [0, 0.05) is 234 Å². The van der Waals surface area contributed by atoms with Crippen LogP contribution >= 0.6 is 46.4 Å². The zero-order chi connectivity index (χ0) is 56.9. The molecule has 21 heteroatoms. The third kappa shape index (κ3) is 13.4. The maximum absolute atomic E-state index is 12.1. The molecule has 4 aliphatic heterocycles. The van der Waals surface area contributed by atoms with Crippen molar-refractivity contribution in [3.05, 3.63) is 118 Å². The summed E-state index contributed by atoms with van der Waals surface area (Å²) in [6.45, 7) is 18.5. The highest BCUT2D eigenvalue weighted by molar-refractivity contribution is 6.33. The van der Waals surface area contributed by atoms with Crippen molar-refractivity contribution in [2.75, 3.05) is 124 Å². The Morgan fingerprint density at radius 1 is 0.457 bits per heavy atom. The van der Waals surface area contributed by atoms with Crippen molar-refractivity contribution in [1.82, 2.24) is 39.5 Å². The van der Waals surface area contributed by atoms with Crippen LogP contribution in [0.2, 0.25) is 20.1 Å². The minimum atomic E-state index is -0.350. The Morgan fingerprint density at radius 3 is 1.04 bits per heavy atom. The molecule has 1 aliphatic carbocycles. The largest absolute Gasteiger partial charge is 0.367 e. The third-order valence-corrected chi connectivity index (χ3v) is 16.8. The van der Waals surface area contributed by atoms with Crippen LogP contribution in [0.5, 0.6) is 0 Å². The van der Waals surface area contributed by atoms with Crippen LogP contribution in [0.4, 0.5) is 27.5 Å². The maximum atomic E-state index is 12.1. The van der Waals surface area contributed by atoms with E-state index in [1.807, 2.05) is 115 Å². The molecule has 8 heterocycles. The second-order valence-electron chi connectivity index (χ2n) is 21.5. The molecule has 5 fully saturated rings. The summed E-state index contributed by atoms with van der Waals surface area (Å²) in [4.78, 5) is 76.6. The van der Waals surface area contributed by atoms with Crippen LogP contribution in [-0.2, 0) is 14.4 Å². The molecular formula is C60H71Cl4N13O4. The first-order chi connectivity index (χ1) is 39.1. The van der Waals surface area contributed by atoms with Crippen LogP contribution in [0.15, 0.2) is 97.6 Å². The van der Waals surface area contributed by atoms with E-state index < -0.39 is 0 Å². The smallest absolute Gasteiger partial charge is 0.314 e. The van der Waals surface area contributed by atoms with E-state index >= 15 is 0 Å². The number of nitrogens with zero attached hydrogens (tertiary/aromatic N) is 8. The number of aromatic amines is 4. The SMILES string of the molecule is CC(C)C(=O)N1CCN(c2cc(Cl)cc3[nH]ccc23)CC1.CCC(=O)N1CCN(c2cc(Cl)cc3[nH]ccc23)CC1.NC(=O)N1CCN(c2cc(Cl)cc3[nH]ccc23)CC1.O=C(C1CC1)N1CCN(c2cc(Cl)cc3[nH]ccc23)CC1. The van der Waals surface area contributed by atoms with Crippen molar-refractivity contribution in [2.45, 2.75) is 40.0 Å². The minimum Gasteiger partial charge on any atom is -0.367 e. The number of primary amides is 1. The number of fused-ring (bicyclic) bond motifs is 4. The molecule has 0 spiro atoms. The zero-order valence-corrected chi connectivity index (χ0v) is 49.2. The standard InChI is InChI=1S/C16H18ClN3O.C16H20ClN3O.C15H18ClN3O.C13H15ClN4O/c17-12-9-14-13(3-4-18-14)15(10-12)19-5-7-20(8-6-19)16(21)11-1-2-11;1-11(2)16(21)20-7-5-19(6-8-20)15-10-12(17)9-14-13(15)3-4-18-14;1-2-15(20)19-7-5-18(6-8-19)14-10-11(16)9-13-12(14)3-4-17-13;14-9-7-11-10(1-2-16-11)12(8-9)17-3-5-18(6-4-17)13(15)19/h3-4,9-11,18H,1-2,5-8H2;3-4,9-11,18H,5-8H2,1-2H3;3-4,9-10,17H,2,5-8H2,1H3;1-2,7-8,16H,3-6H2,(H2,15,19).